The van der Waals surface area contributed by atoms with E-state index in [-0.39, 0.29) is 6.79 Å². The largest absolute Gasteiger partial charge is 0.494 e. The van der Waals surface area contributed by atoms with Crippen LogP contribution in [0, 0.1) is 0 Å². The molecule has 1 aliphatic heterocycles. The molecule has 0 unspecified atom stereocenters. The Morgan fingerprint density at radius 1 is 0.667 bits per heavy atom. The zero-order chi connectivity index (χ0) is 25.2. The maximum Gasteiger partial charge on any atom is 0.343 e. The Kier molecular flexibility index (Phi) is 8.81. The number of ether oxygens (including phenoxy) is 5. The highest BCUT2D eigenvalue weighted by Crippen LogP contribution is 2.33. The molecule has 0 saturated carbocycles. The summed E-state index contributed by atoms with van der Waals surface area (Å²) in [5, 5.41) is 0. The van der Waals surface area contributed by atoms with Crippen molar-refractivity contribution in [3.63, 3.8) is 0 Å². The fourth-order valence-corrected chi connectivity index (χ4v) is 3.69. The first-order chi connectivity index (χ1) is 17.6. The van der Waals surface area contributed by atoms with E-state index >= 15 is 0 Å². The third-order valence-electron chi connectivity index (χ3n) is 5.71. The molecule has 7 nitrogen and oxygen atoms in total. The summed E-state index contributed by atoms with van der Waals surface area (Å²) in [6, 6.07) is 18.0. The van der Waals surface area contributed by atoms with Crippen LogP contribution in [0.25, 0.3) is 0 Å². The van der Waals surface area contributed by atoms with Gasteiger partial charge >= 0.3 is 11.9 Å². The molecular weight excluding hydrogens is 460 g/mol. The van der Waals surface area contributed by atoms with Gasteiger partial charge < -0.3 is 23.7 Å². The van der Waals surface area contributed by atoms with Gasteiger partial charge in [0.05, 0.1) is 17.7 Å². The molecule has 0 N–H and O–H groups in total. The van der Waals surface area contributed by atoms with Gasteiger partial charge in [-0.25, -0.2) is 9.59 Å². The summed E-state index contributed by atoms with van der Waals surface area (Å²) >= 11 is 0. The quantitative estimate of drug-likeness (QED) is 0.161. The zero-order valence-corrected chi connectivity index (χ0v) is 20.4. The van der Waals surface area contributed by atoms with Crippen LogP contribution < -0.4 is 23.7 Å². The van der Waals surface area contributed by atoms with Crippen LogP contribution in [0.15, 0.2) is 66.7 Å². The lowest BCUT2D eigenvalue weighted by Gasteiger charge is -2.09. The second-order valence-corrected chi connectivity index (χ2v) is 8.46. The lowest BCUT2D eigenvalue weighted by Crippen LogP contribution is -2.09. The van der Waals surface area contributed by atoms with Crippen LogP contribution in [0.3, 0.4) is 0 Å². The summed E-state index contributed by atoms with van der Waals surface area (Å²) < 4.78 is 27.1. The molecule has 4 rings (SSSR count). The van der Waals surface area contributed by atoms with E-state index in [9.17, 15) is 9.59 Å². The van der Waals surface area contributed by atoms with Gasteiger partial charge in [0, 0.05) is 0 Å². The van der Waals surface area contributed by atoms with Gasteiger partial charge in [-0.05, 0) is 73.2 Å². The van der Waals surface area contributed by atoms with Crippen molar-refractivity contribution in [3.05, 3.63) is 77.9 Å². The van der Waals surface area contributed by atoms with Gasteiger partial charge in [0.25, 0.3) is 0 Å². The van der Waals surface area contributed by atoms with Crippen LogP contribution in [0.4, 0.5) is 0 Å². The Morgan fingerprint density at radius 2 is 1.22 bits per heavy atom. The Morgan fingerprint density at radius 3 is 1.92 bits per heavy atom. The van der Waals surface area contributed by atoms with Crippen molar-refractivity contribution < 1.29 is 33.3 Å². The number of esters is 2. The Labute approximate surface area is 210 Å². The minimum Gasteiger partial charge on any atom is -0.494 e. The average Bonchev–Trinajstić information content (AvgIpc) is 3.38. The molecule has 0 saturated heterocycles. The maximum atomic E-state index is 12.5. The standard InChI is InChI=1S/C29H30O7/c1-2-3-4-5-6-7-18-32-23-11-8-21(9-12-23)28(30)35-24-13-15-25(16-14-24)36-29(31)22-10-17-26-27(19-22)34-20-33-26/h8-17,19H,2-7,18,20H2,1H3. The second kappa shape index (κ2) is 12.6. The van der Waals surface area contributed by atoms with Crippen molar-refractivity contribution in [2.24, 2.45) is 0 Å². The molecule has 3 aromatic carbocycles. The Bertz CT molecular complexity index is 1150. The normalized spacial score (nSPS) is 11.7. The number of fused-ring (bicyclic) bond motifs is 1. The molecule has 188 valence electrons. The highest BCUT2D eigenvalue weighted by atomic mass is 16.7. The zero-order valence-electron chi connectivity index (χ0n) is 20.4. The van der Waals surface area contributed by atoms with Crippen molar-refractivity contribution in [2.75, 3.05) is 13.4 Å². The van der Waals surface area contributed by atoms with E-state index in [0.717, 1.165) is 12.2 Å². The van der Waals surface area contributed by atoms with E-state index < -0.39 is 11.9 Å². The fraction of sp³-hybridized carbons (Fsp3) is 0.310. The monoisotopic (exact) mass is 490 g/mol. The van der Waals surface area contributed by atoms with E-state index in [1.807, 2.05) is 0 Å². The lowest BCUT2D eigenvalue weighted by atomic mass is 10.1. The second-order valence-electron chi connectivity index (χ2n) is 8.46. The maximum absolute atomic E-state index is 12.5. The van der Waals surface area contributed by atoms with Crippen LogP contribution in [0.1, 0.15) is 66.2 Å². The van der Waals surface area contributed by atoms with E-state index in [4.69, 9.17) is 23.7 Å². The van der Waals surface area contributed by atoms with E-state index in [0.29, 0.717) is 40.7 Å². The molecule has 0 aromatic heterocycles. The van der Waals surface area contributed by atoms with Gasteiger partial charge in [0.2, 0.25) is 6.79 Å². The first-order valence-electron chi connectivity index (χ1n) is 12.3. The first kappa shape index (κ1) is 25.1. The molecule has 1 aliphatic rings. The third kappa shape index (κ3) is 7.01. The number of hydrogen-bond acceptors (Lipinski definition) is 7. The molecule has 0 fully saturated rings. The van der Waals surface area contributed by atoms with Gasteiger partial charge in [0.1, 0.15) is 17.2 Å². The molecule has 0 radical (unpaired) electrons. The van der Waals surface area contributed by atoms with Crippen molar-refractivity contribution in [2.45, 2.75) is 45.4 Å². The van der Waals surface area contributed by atoms with Gasteiger partial charge in [0.15, 0.2) is 11.5 Å². The van der Waals surface area contributed by atoms with Gasteiger partial charge in [-0.3, -0.25) is 0 Å². The van der Waals surface area contributed by atoms with Gasteiger partial charge in [-0.2, -0.15) is 0 Å². The summed E-state index contributed by atoms with van der Waals surface area (Å²) in [4.78, 5) is 24.9. The predicted molar refractivity (Wildman–Crippen MR) is 134 cm³/mol. The van der Waals surface area contributed by atoms with Crippen molar-refractivity contribution >= 4 is 11.9 Å². The molecule has 0 spiro atoms. The summed E-state index contributed by atoms with van der Waals surface area (Å²) in [6.45, 7) is 3.01. The molecule has 0 bridgehead atoms. The van der Waals surface area contributed by atoms with Crippen LogP contribution >= 0.6 is 0 Å². The number of carbonyl (C=O) groups excluding carboxylic acids is 2. The highest BCUT2D eigenvalue weighted by Gasteiger charge is 2.17. The van der Waals surface area contributed by atoms with E-state index in [2.05, 4.69) is 6.92 Å². The first-order valence-corrected chi connectivity index (χ1v) is 12.3. The van der Waals surface area contributed by atoms with Crippen LogP contribution in [0.5, 0.6) is 28.7 Å². The molecule has 36 heavy (non-hydrogen) atoms. The number of benzene rings is 3. The molecule has 0 aliphatic carbocycles. The third-order valence-corrected chi connectivity index (χ3v) is 5.71. The van der Waals surface area contributed by atoms with Crippen LogP contribution in [-0.2, 0) is 0 Å². The number of hydrogen-bond donors (Lipinski definition) is 0. The average molecular weight is 491 g/mol. The Hall–Kier alpha value is -4.00. The Balaban J connectivity index is 1.22. The number of unbranched alkanes of at least 4 members (excludes halogenated alkanes) is 5. The van der Waals surface area contributed by atoms with Crippen LogP contribution in [0.2, 0.25) is 0 Å². The van der Waals surface area contributed by atoms with Crippen molar-refractivity contribution in [1.82, 2.24) is 0 Å². The van der Waals surface area contributed by atoms with Crippen molar-refractivity contribution in [3.8, 4) is 28.7 Å². The predicted octanol–water partition coefficient (Wildman–Crippen LogP) is 6.59. The summed E-state index contributed by atoms with van der Waals surface area (Å²) in [7, 11) is 0. The minimum atomic E-state index is -0.531. The van der Waals surface area contributed by atoms with E-state index in [1.165, 1.54) is 32.1 Å². The molecular formula is C29H30O7. The van der Waals surface area contributed by atoms with Crippen LogP contribution in [-0.4, -0.2) is 25.3 Å². The molecule has 1 heterocycles. The van der Waals surface area contributed by atoms with Gasteiger partial charge in [-0.1, -0.05) is 39.0 Å². The minimum absolute atomic E-state index is 0.130. The van der Waals surface area contributed by atoms with Gasteiger partial charge in [-0.15, -0.1) is 0 Å². The summed E-state index contributed by atoms with van der Waals surface area (Å²) in [5.41, 5.74) is 0.759. The molecule has 7 heteroatoms. The smallest absolute Gasteiger partial charge is 0.343 e. The van der Waals surface area contributed by atoms with Crippen molar-refractivity contribution in [1.29, 1.82) is 0 Å². The number of rotatable bonds is 12. The van der Waals surface area contributed by atoms with E-state index in [1.54, 1.807) is 66.7 Å². The SMILES string of the molecule is CCCCCCCCOc1ccc(C(=O)Oc2ccc(OC(=O)c3ccc4c(c3)OCO4)cc2)cc1. The fourth-order valence-electron chi connectivity index (χ4n) is 3.69. The highest BCUT2D eigenvalue weighted by molar-refractivity contribution is 5.92. The molecule has 3 aromatic rings. The summed E-state index contributed by atoms with van der Waals surface area (Å²) in [6.07, 6.45) is 7.25. The lowest BCUT2D eigenvalue weighted by molar-refractivity contribution is 0.0719. The topological polar surface area (TPSA) is 80.3 Å². The summed E-state index contributed by atoms with van der Waals surface area (Å²) in [5.74, 6) is 1.47. The molecule has 0 atom stereocenters. The number of carbonyl (C=O) groups is 2. The molecule has 0 amide bonds.